The van der Waals surface area contributed by atoms with E-state index in [1.54, 1.807) is 0 Å². The first kappa shape index (κ1) is 18.2. The summed E-state index contributed by atoms with van der Waals surface area (Å²) in [4.78, 5) is 20.2. The molecule has 3 aromatic rings. The number of nitrogens with one attached hydrogen (secondary N) is 2. The third-order valence-corrected chi connectivity index (χ3v) is 4.69. The van der Waals surface area contributed by atoms with Gasteiger partial charge < -0.3 is 10.3 Å². The average molecular weight is 353 g/mol. The predicted molar refractivity (Wildman–Crippen MR) is 103 cm³/mol. The number of carbonyl (C=O) groups is 1. The summed E-state index contributed by atoms with van der Waals surface area (Å²) in [6, 6.07) is 6.26. The monoisotopic (exact) mass is 353 g/mol. The molecule has 0 fully saturated rings. The van der Waals surface area contributed by atoms with Gasteiger partial charge in [0, 0.05) is 24.6 Å². The lowest BCUT2D eigenvalue weighted by molar-refractivity contribution is -0.121. The number of hydrogen-bond donors (Lipinski definition) is 2. The van der Waals surface area contributed by atoms with E-state index in [0.29, 0.717) is 19.4 Å². The second-order valence-electron chi connectivity index (χ2n) is 7.21. The van der Waals surface area contributed by atoms with Crippen LogP contribution in [0.5, 0.6) is 0 Å². The minimum absolute atomic E-state index is 0.0291. The third-order valence-electron chi connectivity index (χ3n) is 4.69. The molecule has 0 radical (unpaired) electrons. The number of aromatic nitrogens is 4. The first-order valence-corrected chi connectivity index (χ1v) is 9.08. The van der Waals surface area contributed by atoms with Crippen molar-refractivity contribution in [2.75, 3.05) is 0 Å². The molecule has 0 saturated carbocycles. The molecular weight excluding hydrogens is 326 g/mol. The maximum absolute atomic E-state index is 12.2. The van der Waals surface area contributed by atoms with Crippen LogP contribution in [0, 0.1) is 27.7 Å². The molecular formula is C20H27N5O. The van der Waals surface area contributed by atoms with Gasteiger partial charge in [-0.25, -0.2) is 4.98 Å². The Balaban J connectivity index is 1.54. The molecule has 138 valence electrons. The van der Waals surface area contributed by atoms with Crippen molar-refractivity contribution in [3.63, 3.8) is 0 Å². The molecule has 2 aromatic heterocycles. The Bertz CT molecular complexity index is 898. The summed E-state index contributed by atoms with van der Waals surface area (Å²) >= 11 is 0. The van der Waals surface area contributed by atoms with Gasteiger partial charge in [0.1, 0.15) is 5.82 Å². The minimum Gasteiger partial charge on any atom is -0.352 e. The van der Waals surface area contributed by atoms with Crippen molar-refractivity contribution in [1.29, 1.82) is 0 Å². The van der Waals surface area contributed by atoms with Crippen molar-refractivity contribution in [3.8, 4) is 0 Å². The zero-order valence-corrected chi connectivity index (χ0v) is 16.2. The number of aromatic amines is 1. The van der Waals surface area contributed by atoms with E-state index in [-0.39, 0.29) is 11.9 Å². The quantitative estimate of drug-likeness (QED) is 0.715. The highest BCUT2D eigenvalue weighted by molar-refractivity contribution is 5.78. The largest absolute Gasteiger partial charge is 0.352 e. The average Bonchev–Trinajstić information content (AvgIpc) is 3.08. The van der Waals surface area contributed by atoms with E-state index in [4.69, 9.17) is 0 Å². The normalized spacial score (nSPS) is 12.5. The molecule has 0 bridgehead atoms. The molecule has 1 unspecified atom stereocenters. The van der Waals surface area contributed by atoms with E-state index in [2.05, 4.69) is 46.4 Å². The lowest BCUT2D eigenvalue weighted by Crippen LogP contribution is -2.36. The molecule has 1 amide bonds. The fourth-order valence-electron chi connectivity index (χ4n) is 3.18. The number of amides is 1. The summed E-state index contributed by atoms with van der Waals surface area (Å²) < 4.78 is 1.93. The van der Waals surface area contributed by atoms with Gasteiger partial charge in [-0.2, -0.15) is 5.10 Å². The molecule has 26 heavy (non-hydrogen) atoms. The smallest absolute Gasteiger partial charge is 0.220 e. The second kappa shape index (κ2) is 7.32. The molecule has 0 saturated heterocycles. The molecule has 1 aromatic carbocycles. The fraction of sp³-hybridized carbons (Fsp3) is 0.450. The Kier molecular flexibility index (Phi) is 5.11. The Morgan fingerprint density at radius 1 is 1.19 bits per heavy atom. The summed E-state index contributed by atoms with van der Waals surface area (Å²) in [6.07, 6.45) is 1.02. The number of carbonyl (C=O) groups excluding carboxylic acids is 1. The topological polar surface area (TPSA) is 75.6 Å². The highest BCUT2D eigenvalue weighted by Gasteiger charge is 2.12. The van der Waals surface area contributed by atoms with Gasteiger partial charge in [-0.3, -0.25) is 9.48 Å². The minimum atomic E-state index is 0.0291. The van der Waals surface area contributed by atoms with Crippen LogP contribution in [0.4, 0.5) is 0 Å². The fourth-order valence-corrected chi connectivity index (χ4v) is 3.18. The van der Waals surface area contributed by atoms with Crippen LogP contribution in [0.15, 0.2) is 18.2 Å². The molecule has 0 aliphatic heterocycles. The highest BCUT2D eigenvalue weighted by atomic mass is 16.1. The first-order chi connectivity index (χ1) is 12.3. The number of benzene rings is 1. The maximum atomic E-state index is 12.2. The summed E-state index contributed by atoms with van der Waals surface area (Å²) in [6.45, 7) is 10.9. The van der Waals surface area contributed by atoms with Crippen LogP contribution in [-0.2, 0) is 17.8 Å². The molecule has 0 aliphatic rings. The molecule has 6 nitrogen and oxygen atoms in total. The van der Waals surface area contributed by atoms with E-state index < -0.39 is 0 Å². The van der Waals surface area contributed by atoms with Crippen molar-refractivity contribution in [3.05, 3.63) is 46.5 Å². The number of aryl methyl sites for hydroxylation is 5. The standard InChI is InChI=1S/C20H27N5O/c1-12-8-17-18(9-13(12)2)23-19(22-17)6-7-20(26)21-15(4)11-25-16(5)10-14(3)24-25/h8-10,15H,6-7,11H2,1-5H3,(H,21,26)(H,22,23). The van der Waals surface area contributed by atoms with Crippen LogP contribution in [0.3, 0.4) is 0 Å². The lowest BCUT2D eigenvalue weighted by Gasteiger charge is -2.14. The molecule has 2 heterocycles. The summed E-state index contributed by atoms with van der Waals surface area (Å²) in [5.41, 5.74) is 6.56. The predicted octanol–water partition coefficient (Wildman–Crippen LogP) is 3.13. The van der Waals surface area contributed by atoms with Gasteiger partial charge in [0.25, 0.3) is 0 Å². The summed E-state index contributed by atoms with van der Waals surface area (Å²) in [7, 11) is 0. The van der Waals surface area contributed by atoms with Gasteiger partial charge >= 0.3 is 0 Å². The number of imidazole rings is 1. The Hall–Kier alpha value is -2.63. The molecule has 1 atom stereocenters. The summed E-state index contributed by atoms with van der Waals surface area (Å²) in [5.74, 6) is 0.887. The van der Waals surface area contributed by atoms with Crippen LogP contribution in [0.2, 0.25) is 0 Å². The van der Waals surface area contributed by atoms with Gasteiger partial charge in [0.2, 0.25) is 5.91 Å². The molecule has 6 heteroatoms. The highest BCUT2D eigenvalue weighted by Crippen LogP contribution is 2.17. The van der Waals surface area contributed by atoms with Gasteiger partial charge in [-0.15, -0.1) is 0 Å². The van der Waals surface area contributed by atoms with E-state index in [1.807, 2.05) is 31.5 Å². The van der Waals surface area contributed by atoms with Crippen LogP contribution >= 0.6 is 0 Å². The van der Waals surface area contributed by atoms with Gasteiger partial charge in [0.05, 0.1) is 23.3 Å². The van der Waals surface area contributed by atoms with Crippen molar-refractivity contribution < 1.29 is 4.79 Å². The van der Waals surface area contributed by atoms with Gasteiger partial charge in [-0.05, 0) is 63.9 Å². The van der Waals surface area contributed by atoms with Gasteiger partial charge in [0.15, 0.2) is 0 Å². The van der Waals surface area contributed by atoms with Crippen molar-refractivity contribution in [2.45, 2.75) is 60.0 Å². The van der Waals surface area contributed by atoms with Crippen molar-refractivity contribution >= 4 is 16.9 Å². The lowest BCUT2D eigenvalue weighted by atomic mass is 10.1. The summed E-state index contributed by atoms with van der Waals surface area (Å²) in [5, 5.41) is 7.49. The number of rotatable bonds is 6. The Morgan fingerprint density at radius 2 is 1.92 bits per heavy atom. The van der Waals surface area contributed by atoms with Gasteiger partial charge in [-0.1, -0.05) is 0 Å². The van der Waals surface area contributed by atoms with E-state index in [0.717, 1.165) is 28.2 Å². The Morgan fingerprint density at radius 3 is 2.62 bits per heavy atom. The van der Waals surface area contributed by atoms with Crippen LogP contribution < -0.4 is 5.32 Å². The molecule has 0 spiro atoms. The Labute approximate surface area is 154 Å². The number of H-pyrrole nitrogens is 1. The third kappa shape index (κ3) is 4.12. The maximum Gasteiger partial charge on any atom is 0.220 e. The second-order valence-corrected chi connectivity index (χ2v) is 7.21. The van der Waals surface area contributed by atoms with Crippen LogP contribution in [0.25, 0.3) is 11.0 Å². The first-order valence-electron chi connectivity index (χ1n) is 9.08. The molecule has 2 N–H and O–H groups in total. The molecule has 0 aliphatic carbocycles. The number of hydrogen-bond acceptors (Lipinski definition) is 3. The molecule has 3 rings (SSSR count). The van der Waals surface area contributed by atoms with Crippen LogP contribution in [0.1, 0.15) is 41.7 Å². The van der Waals surface area contributed by atoms with E-state index in [1.165, 1.54) is 11.1 Å². The number of nitrogens with zero attached hydrogens (tertiary/aromatic N) is 3. The number of fused-ring (bicyclic) bond motifs is 1. The van der Waals surface area contributed by atoms with Crippen molar-refractivity contribution in [1.82, 2.24) is 25.1 Å². The van der Waals surface area contributed by atoms with Crippen LogP contribution in [-0.4, -0.2) is 31.7 Å². The van der Waals surface area contributed by atoms with E-state index >= 15 is 0 Å². The zero-order chi connectivity index (χ0) is 18.8. The SMILES string of the molecule is Cc1cc(C)n(CC(C)NC(=O)CCc2nc3cc(C)c(C)cc3[nH]2)n1. The zero-order valence-electron chi connectivity index (χ0n) is 16.2. The van der Waals surface area contributed by atoms with E-state index in [9.17, 15) is 4.79 Å². The van der Waals surface area contributed by atoms with Crippen molar-refractivity contribution in [2.24, 2.45) is 0 Å².